The number of halogens is 1. The summed E-state index contributed by atoms with van der Waals surface area (Å²) in [5.74, 6) is 0.0710. The Hall–Kier alpha value is -2.37. The molecule has 0 aliphatic heterocycles. The fourth-order valence-electron chi connectivity index (χ4n) is 1.97. The van der Waals surface area contributed by atoms with Crippen LogP contribution in [-0.2, 0) is 7.05 Å². The van der Waals surface area contributed by atoms with Crippen molar-refractivity contribution >= 4 is 11.5 Å². The first-order valence-corrected chi connectivity index (χ1v) is 5.50. The topological polar surface area (TPSA) is 61.1 Å². The van der Waals surface area contributed by atoms with E-state index in [2.05, 4.69) is 10.1 Å². The molecule has 0 aliphatic carbocycles. The van der Waals surface area contributed by atoms with Gasteiger partial charge < -0.3 is 5.73 Å². The van der Waals surface area contributed by atoms with E-state index in [0.29, 0.717) is 17.2 Å². The van der Waals surface area contributed by atoms with Crippen LogP contribution in [-0.4, -0.2) is 19.2 Å². The van der Waals surface area contributed by atoms with Crippen LogP contribution in [0.3, 0.4) is 0 Å². The van der Waals surface area contributed by atoms with Crippen LogP contribution in [0.5, 0.6) is 0 Å². The van der Waals surface area contributed by atoms with Gasteiger partial charge in [0.25, 0.3) is 0 Å². The highest BCUT2D eigenvalue weighted by molar-refractivity contribution is 5.75. The third-order valence-corrected chi connectivity index (χ3v) is 3.11. The van der Waals surface area contributed by atoms with E-state index in [1.165, 1.54) is 16.7 Å². The summed E-state index contributed by atoms with van der Waals surface area (Å²) in [6.07, 6.45) is 3.04. The minimum atomic E-state index is -0.346. The Balaban J connectivity index is 2.30. The monoisotopic (exact) mass is 245 g/mol. The number of hydrogen-bond donors (Lipinski definition) is 1. The molecule has 0 fully saturated rings. The highest BCUT2D eigenvalue weighted by atomic mass is 19.1. The SMILES string of the molecule is Cc1c(-c2nc3ccc(F)cn3c2N)cnn1C. The number of aryl methyl sites for hydroxylation is 1. The molecule has 0 bridgehead atoms. The van der Waals surface area contributed by atoms with Gasteiger partial charge in [-0.3, -0.25) is 9.08 Å². The van der Waals surface area contributed by atoms with Crippen LogP contribution in [0, 0.1) is 12.7 Å². The minimum absolute atomic E-state index is 0.346. The first-order valence-electron chi connectivity index (χ1n) is 5.50. The zero-order valence-electron chi connectivity index (χ0n) is 10.1. The number of anilines is 1. The van der Waals surface area contributed by atoms with Gasteiger partial charge in [-0.15, -0.1) is 0 Å². The molecule has 0 radical (unpaired) electrons. The smallest absolute Gasteiger partial charge is 0.140 e. The van der Waals surface area contributed by atoms with Gasteiger partial charge in [0.2, 0.25) is 0 Å². The lowest BCUT2D eigenvalue weighted by Crippen LogP contribution is -1.96. The molecule has 3 aromatic rings. The van der Waals surface area contributed by atoms with Gasteiger partial charge in [0.05, 0.1) is 6.20 Å². The van der Waals surface area contributed by atoms with Crippen molar-refractivity contribution in [1.82, 2.24) is 19.2 Å². The van der Waals surface area contributed by atoms with Crippen LogP contribution in [0.2, 0.25) is 0 Å². The molecule has 3 heterocycles. The van der Waals surface area contributed by atoms with Crippen molar-refractivity contribution in [3.05, 3.63) is 36.0 Å². The van der Waals surface area contributed by atoms with Crippen molar-refractivity contribution in [2.75, 3.05) is 5.73 Å². The molecule has 0 spiro atoms. The Bertz CT molecular complexity index is 740. The third-order valence-electron chi connectivity index (χ3n) is 3.11. The maximum absolute atomic E-state index is 13.2. The summed E-state index contributed by atoms with van der Waals surface area (Å²) in [7, 11) is 1.85. The Morgan fingerprint density at radius 1 is 1.33 bits per heavy atom. The molecule has 3 rings (SSSR count). The standard InChI is InChI=1S/C12H12FN5/c1-7-9(5-15-17(7)2)11-12(14)18-6-8(13)3-4-10(18)16-11/h3-6H,14H2,1-2H3. The lowest BCUT2D eigenvalue weighted by Gasteiger charge is -1.99. The van der Waals surface area contributed by atoms with Crippen molar-refractivity contribution in [1.29, 1.82) is 0 Å². The molecule has 0 atom stereocenters. The average molecular weight is 245 g/mol. The van der Waals surface area contributed by atoms with E-state index in [0.717, 1.165) is 11.3 Å². The Morgan fingerprint density at radius 2 is 2.11 bits per heavy atom. The Kier molecular flexibility index (Phi) is 2.13. The van der Waals surface area contributed by atoms with Crippen LogP contribution < -0.4 is 5.73 Å². The van der Waals surface area contributed by atoms with Crippen LogP contribution in [0.25, 0.3) is 16.9 Å². The van der Waals surface area contributed by atoms with E-state index in [1.54, 1.807) is 16.9 Å². The van der Waals surface area contributed by atoms with E-state index in [1.807, 2.05) is 14.0 Å². The Morgan fingerprint density at radius 3 is 2.78 bits per heavy atom. The Labute approximate surface area is 103 Å². The molecule has 92 valence electrons. The predicted octanol–water partition coefficient (Wildman–Crippen LogP) is 1.76. The number of nitrogens with two attached hydrogens (primary N) is 1. The zero-order chi connectivity index (χ0) is 12.9. The van der Waals surface area contributed by atoms with Crippen molar-refractivity contribution in [2.45, 2.75) is 6.92 Å². The van der Waals surface area contributed by atoms with E-state index in [-0.39, 0.29) is 5.82 Å². The van der Waals surface area contributed by atoms with Crippen molar-refractivity contribution < 1.29 is 4.39 Å². The first-order chi connectivity index (χ1) is 8.58. The molecule has 6 heteroatoms. The largest absolute Gasteiger partial charge is 0.383 e. The van der Waals surface area contributed by atoms with Gasteiger partial charge in [-0.2, -0.15) is 5.10 Å². The first kappa shape index (κ1) is 10.8. The summed E-state index contributed by atoms with van der Waals surface area (Å²) in [5, 5.41) is 4.16. The number of imidazole rings is 1. The normalized spacial score (nSPS) is 11.3. The maximum Gasteiger partial charge on any atom is 0.140 e. The lowest BCUT2D eigenvalue weighted by molar-refractivity contribution is 0.619. The van der Waals surface area contributed by atoms with Gasteiger partial charge in [0.1, 0.15) is 23.0 Å². The van der Waals surface area contributed by atoms with Crippen molar-refractivity contribution in [3.63, 3.8) is 0 Å². The highest BCUT2D eigenvalue weighted by Gasteiger charge is 2.15. The number of pyridine rings is 1. The van der Waals surface area contributed by atoms with Gasteiger partial charge in [0, 0.05) is 24.5 Å². The summed E-state index contributed by atoms with van der Waals surface area (Å²) in [4.78, 5) is 4.42. The average Bonchev–Trinajstić information content (AvgIpc) is 2.83. The fraction of sp³-hybridized carbons (Fsp3) is 0.167. The molecule has 0 amide bonds. The molecule has 0 aliphatic rings. The van der Waals surface area contributed by atoms with E-state index in [4.69, 9.17) is 5.73 Å². The van der Waals surface area contributed by atoms with E-state index >= 15 is 0 Å². The molecule has 2 N–H and O–H groups in total. The second-order valence-electron chi connectivity index (χ2n) is 4.19. The molecule has 0 unspecified atom stereocenters. The molecular formula is C12H12FN5. The molecular weight excluding hydrogens is 233 g/mol. The van der Waals surface area contributed by atoms with Crippen molar-refractivity contribution in [2.24, 2.45) is 7.05 Å². The van der Waals surface area contributed by atoms with Gasteiger partial charge in [0.15, 0.2) is 0 Å². The second kappa shape index (κ2) is 3.56. The summed E-state index contributed by atoms with van der Waals surface area (Å²) in [6, 6.07) is 2.96. The van der Waals surface area contributed by atoms with E-state index < -0.39 is 0 Å². The summed E-state index contributed by atoms with van der Waals surface area (Å²) >= 11 is 0. The number of rotatable bonds is 1. The van der Waals surface area contributed by atoms with Gasteiger partial charge in [-0.25, -0.2) is 9.37 Å². The number of nitrogens with zero attached hydrogens (tertiary/aromatic N) is 4. The molecule has 18 heavy (non-hydrogen) atoms. The maximum atomic E-state index is 13.2. The van der Waals surface area contributed by atoms with E-state index in [9.17, 15) is 4.39 Å². The summed E-state index contributed by atoms with van der Waals surface area (Å²) in [5.41, 5.74) is 9.09. The number of fused-ring (bicyclic) bond motifs is 1. The van der Waals surface area contributed by atoms with Crippen LogP contribution in [0.15, 0.2) is 24.5 Å². The number of nitrogen functional groups attached to an aromatic ring is 1. The number of aromatic nitrogens is 4. The van der Waals surface area contributed by atoms with Crippen LogP contribution >= 0.6 is 0 Å². The van der Waals surface area contributed by atoms with Gasteiger partial charge >= 0.3 is 0 Å². The molecule has 3 aromatic heterocycles. The van der Waals surface area contributed by atoms with Gasteiger partial charge in [-0.1, -0.05) is 0 Å². The summed E-state index contributed by atoms with van der Waals surface area (Å²) < 4.78 is 16.5. The van der Waals surface area contributed by atoms with Gasteiger partial charge in [-0.05, 0) is 19.1 Å². The van der Waals surface area contributed by atoms with Crippen molar-refractivity contribution in [3.8, 4) is 11.3 Å². The molecule has 5 nitrogen and oxygen atoms in total. The molecule has 0 saturated carbocycles. The van der Waals surface area contributed by atoms with Crippen LogP contribution in [0.4, 0.5) is 10.2 Å². The molecule has 0 saturated heterocycles. The summed E-state index contributed by atoms with van der Waals surface area (Å²) in [6.45, 7) is 1.94. The predicted molar refractivity (Wildman–Crippen MR) is 66.5 cm³/mol. The zero-order valence-corrected chi connectivity index (χ0v) is 10.1. The third kappa shape index (κ3) is 1.38. The highest BCUT2D eigenvalue weighted by Crippen LogP contribution is 2.28. The number of hydrogen-bond acceptors (Lipinski definition) is 3. The quantitative estimate of drug-likeness (QED) is 0.710. The molecule has 0 aromatic carbocycles. The lowest BCUT2D eigenvalue weighted by atomic mass is 10.2. The minimum Gasteiger partial charge on any atom is -0.383 e. The fourth-order valence-corrected chi connectivity index (χ4v) is 1.97. The van der Waals surface area contributed by atoms with Crippen LogP contribution in [0.1, 0.15) is 5.69 Å². The second-order valence-corrected chi connectivity index (χ2v) is 4.19.